The number of rotatable bonds is 2. The van der Waals surface area contributed by atoms with E-state index in [-0.39, 0.29) is 31.8 Å². The summed E-state index contributed by atoms with van der Waals surface area (Å²) >= 11 is 0. The maximum Gasteiger partial charge on any atom is 0.391 e. The molecule has 1 amide bonds. The van der Waals surface area contributed by atoms with Crippen LogP contribution in [0.2, 0.25) is 0 Å². The lowest BCUT2D eigenvalue weighted by atomic mass is 9.95. The van der Waals surface area contributed by atoms with E-state index >= 15 is 0 Å². The number of alkyl halides is 3. The second kappa shape index (κ2) is 5.93. The van der Waals surface area contributed by atoms with Crippen LogP contribution in [0.3, 0.4) is 0 Å². The summed E-state index contributed by atoms with van der Waals surface area (Å²) in [6.07, 6.45) is -4.23. The number of halogens is 3. The number of likely N-dealkylation sites (tertiary alicyclic amines) is 1. The third-order valence-corrected chi connectivity index (χ3v) is 3.87. The number of nitrogens with zero attached hydrogens (tertiary/aromatic N) is 1. The van der Waals surface area contributed by atoms with Crippen LogP contribution in [-0.2, 0) is 0 Å². The molecule has 1 aromatic carbocycles. The molecule has 1 heterocycles. The number of amides is 1. The number of nitrogens with one attached hydrogen (secondary N) is 1. The van der Waals surface area contributed by atoms with Crippen molar-refractivity contribution in [3.63, 3.8) is 0 Å². The average molecular weight is 301 g/mol. The van der Waals surface area contributed by atoms with Crippen molar-refractivity contribution in [3.05, 3.63) is 29.3 Å². The van der Waals surface area contributed by atoms with E-state index in [4.69, 9.17) is 5.84 Å². The highest BCUT2D eigenvalue weighted by Gasteiger charge is 2.41. The van der Waals surface area contributed by atoms with Gasteiger partial charge in [-0.05, 0) is 43.5 Å². The largest absolute Gasteiger partial charge is 0.391 e. The van der Waals surface area contributed by atoms with Crippen LogP contribution >= 0.6 is 0 Å². The maximum absolute atomic E-state index is 12.6. The van der Waals surface area contributed by atoms with Crippen molar-refractivity contribution in [1.29, 1.82) is 0 Å². The summed E-state index contributed by atoms with van der Waals surface area (Å²) in [6.45, 7) is 2.08. The third kappa shape index (κ3) is 3.47. The molecule has 0 bridgehead atoms. The predicted molar refractivity (Wildman–Crippen MR) is 73.7 cm³/mol. The first-order valence-corrected chi connectivity index (χ1v) is 6.76. The van der Waals surface area contributed by atoms with Gasteiger partial charge >= 0.3 is 6.18 Å². The Morgan fingerprint density at radius 3 is 2.43 bits per heavy atom. The fourth-order valence-electron chi connectivity index (χ4n) is 2.55. The molecule has 3 N–H and O–H groups in total. The Labute approximate surface area is 121 Å². The summed E-state index contributed by atoms with van der Waals surface area (Å²) in [5.41, 5.74) is 4.51. The maximum atomic E-state index is 12.6. The van der Waals surface area contributed by atoms with E-state index in [1.54, 1.807) is 18.2 Å². The number of piperidine rings is 1. The van der Waals surface area contributed by atoms with Crippen LogP contribution in [0.25, 0.3) is 0 Å². The molecular weight excluding hydrogens is 283 g/mol. The second-order valence-electron chi connectivity index (χ2n) is 5.28. The lowest BCUT2D eigenvalue weighted by Gasteiger charge is -2.33. The van der Waals surface area contributed by atoms with Gasteiger partial charge in [0.15, 0.2) is 0 Å². The minimum atomic E-state index is -4.17. The van der Waals surface area contributed by atoms with Crippen molar-refractivity contribution in [2.45, 2.75) is 25.9 Å². The number of hydrazine groups is 1. The standard InChI is InChI=1S/C14H18F3N3O/c1-9-8-10(2-3-12(9)19-18)13(21)20-6-4-11(5-7-20)14(15,16)17/h2-3,8,11,19H,4-7,18H2,1H3. The van der Waals surface area contributed by atoms with Crippen molar-refractivity contribution in [1.82, 2.24) is 4.90 Å². The van der Waals surface area contributed by atoms with Crippen molar-refractivity contribution < 1.29 is 18.0 Å². The van der Waals surface area contributed by atoms with Gasteiger partial charge in [-0.15, -0.1) is 0 Å². The molecule has 1 saturated heterocycles. The van der Waals surface area contributed by atoms with E-state index in [0.717, 1.165) is 5.56 Å². The zero-order valence-electron chi connectivity index (χ0n) is 11.7. The van der Waals surface area contributed by atoms with Crippen LogP contribution in [0.1, 0.15) is 28.8 Å². The molecule has 1 aliphatic heterocycles. The van der Waals surface area contributed by atoms with Gasteiger partial charge in [0.2, 0.25) is 0 Å². The van der Waals surface area contributed by atoms with E-state index in [1.165, 1.54) is 4.90 Å². The molecule has 4 nitrogen and oxygen atoms in total. The Morgan fingerprint density at radius 1 is 1.33 bits per heavy atom. The molecule has 0 saturated carbocycles. The van der Waals surface area contributed by atoms with E-state index in [9.17, 15) is 18.0 Å². The summed E-state index contributed by atoms with van der Waals surface area (Å²) in [4.78, 5) is 13.8. The van der Waals surface area contributed by atoms with Gasteiger partial charge in [0.05, 0.1) is 11.6 Å². The first kappa shape index (κ1) is 15.6. The summed E-state index contributed by atoms with van der Waals surface area (Å²) in [6, 6.07) is 5.00. The molecule has 116 valence electrons. The van der Waals surface area contributed by atoms with Crippen LogP contribution in [0.15, 0.2) is 18.2 Å². The third-order valence-electron chi connectivity index (χ3n) is 3.87. The van der Waals surface area contributed by atoms with Gasteiger partial charge in [0, 0.05) is 18.7 Å². The highest BCUT2D eigenvalue weighted by atomic mass is 19.4. The number of nitrogens with two attached hydrogens (primary N) is 1. The number of hydrogen-bond donors (Lipinski definition) is 2. The SMILES string of the molecule is Cc1cc(C(=O)N2CCC(C(F)(F)F)CC2)ccc1NN. The minimum Gasteiger partial charge on any atom is -0.339 e. The Bertz CT molecular complexity index is 523. The van der Waals surface area contributed by atoms with Gasteiger partial charge in [0.25, 0.3) is 5.91 Å². The molecule has 1 aromatic rings. The molecule has 1 fully saturated rings. The van der Waals surface area contributed by atoms with Gasteiger partial charge in [0.1, 0.15) is 0 Å². The number of carbonyl (C=O) groups is 1. The van der Waals surface area contributed by atoms with Crippen molar-refractivity contribution in [2.75, 3.05) is 18.5 Å². The minimum absolute atomic E-state index is 0.0311. The number of carbonyl (C=O) groups excluding carboxylic acids is 1. The van der Waals surface area contributed by atoms with Crippen molar-refractivity contribution in [2.24, 2.45) is 11.8 Å². The molecule has 7 heteroatoms. The van der Waals surface area contributed by atoms with Crippen LogP contribution in [0, 0.1) is 12.8 Å². The summed E-state index contributed by atoms with van der Waals surface area (Å²) in [7, 11) is 0. The Morgan fingerprint density at radius 2 is 1.95 bits per heavy atom. The molecule has 1 aliphatic rings. The molecule has 0 aliphatic carbocycles. The fourth-order valence-corrected chi connectivity index (χ4v) is 2.55. The monoisotopic (exact) mass is 301 g/mol. The number of anilines is 1. The number of aryl methyl sites for hydroxylation is 1. The quantitative estimate of drug-likeness (QED) is 0.652. The number of nitrogen functional groups attached to an aromatic ring is 1. The van der Waals surface area contributed by atoms with Crippen LogP contribution in [0.4, 0.5) is 18.9 Å². The van der Waals surface area contributed by atoms with Crippen LogP contribution in [0.5, 0.6) is 0 Å². The van der Waals surface area contributed by atoms with Crippen LogP contribution in [-0.4, -0.2) is 30.1 Å². The van der Waals surface area contributed by atoms with Crippen molar-refractivity contribution >= 4 is 11.6 Å². The highest BCUT2D eigenvalue weighted by Crippen LogP contribution is 2.34. The fraction of sp³-hybridized carbons (Fsp3) is 0.500. The molecular formula is C14H18F3N3O. The average Bonchev–Trinajstić information content (AvgIpc) is 2.45. The number of benzene rings is 1. The van der Waals surface area contributed by atoms with Crippen molar-refractivity contribution in [3.8, 4) is 0 Å². The van der Waals surface area contributed by atoms with E-state index < -0.39 is 12.1 Å². The predicted octanol–water partition coefficient (Wildman–Crippen LogP) is 2.70. The topological polar surface area (TPSA) is 58.4 Å². The molecule has 2 rings (SSSR count). The Hall–Kier alpha value is -1.76. The lowest BCUT2D eigenvalue weighted by Crippen LogP contribution is -2.42. The first-order chi connectivity index (χ1) is 9.82. The second-order valence-corrected chi connectivity index (χ2v) is 5.28. The summed E-state index contributed by atoms with van der Waals surface area (Å²) in [5, 5.41) is 0. The first-order valence-electron chi connectivity index (χ1n) is 6.76. The molecule has 0 atom stereocenters. The Balaban J connectivity index is 2.04. The molecule has 0 radical (unpaired) electrons. The zero-order chi connectivity index (χ0) is 15.6. The molecule has 0 spiro atoms. The smallest absolute Gasteiger partial charge is 0.339 e. The summed E-state index contributed by atoms with van der Waals surface area (Å²) in [5.74, 6) is 3.79. The van der Waals surface area contributed by atoms with Gasteiger partial charge in [-0.2, -0.15) is 13.2 Å². The highest BCUT2D eigenvalue weighted by molar-refractivity contribution is 5.95. The summed E-state index contributed by atoms with van der Waals surface area (Å²) < 4.78 is 37.8. The zero-order valence-corrected chi connectivity index (χ0v) is 11.7. The van der Waals surface area contributed by atoms with Gasteiger partial charge < -0.3 is 10.3 Å². The van der Waals surface area contributed by atoms with Crippen LogP contribution < -0.4 is 11.3 Å². The Kier molecular flexibility index (Phi) is 4.41. The van der Waals surface area contributed by atoms with E-state index in [0.29, 0.717) is 11.3 Å². The van der Waals surface area contributed by atoms with Gasteiger partial charge in [-0.25, -0.2) is 0 Å². The lowest BCUT2D eigenvalue weighted by molar-refractivity contribution is -0.183. The number of hydrogen-bond acceptors (Lipinski definition) is 3. The molecule has 21 heavy (non-hydrogen) atoms. The van der Waals surface area contributed by atoms with Gasteiger partial charge in [-0.3, -0.25) is 10.6 Å². The normalized spacial score (nSPS) is 16.9. The van der Waals surface area contributed by atoms with E-state index in [1.807, 2.05) is 6.92 Å². The molecule has 0 aromatic heterocycles. The molecule has 0 unspecified atom stereocenters. The van der Waals surface area contributed by atoms with Gasteiger partial charge in [-0.1, -0.05) is 0 Å². The van der Waals surface area contributed by atoms with E-state index in [2.05, 4.69) is 5.43 Å².